The quantitative estimate of drug-likeness (QED) is 0.691. The first-order valence-corrected chi connectivity index (χ1v) is 7.96. The second kappa shape index (κ2) is 5.15. The zero-order valence-corrected chi connectivity index (χ0v) is 14.2. The van der Waals surface area contributed by atoms with Gasteiger partial charge in [0.05, 0.1) is 35.6 Å². The molecule has 0 amide bonds. The fraction of sp³-hybridized carbons (Fsp3) is 0.412. The van der Waals surface area contributed by atoms with Crippen molar-refractivity contribution in [2.75, 3.05) is 7.11 Å². The topological polar surface area (TPSA) is 74.8 Å². The van der Waals surface area contributed by atoms with Gasteiger partial charge in [0, 0.05) is 31.3 Å². The fourth-order valence-electron chi connectivity index (χ4n) is 3.08. The summed E-state index contributed by atoms with van der Waals surface area (Å²) in [5.74, 6) is 0.0602. The number of esters is 1. The van der Waals surface area contributed by atoms with Gasteiger partial charge in [-0.05, 0) is 25.8 Å². The molecule has 24 heavy (non-hydrogen) atoms. The number of carbonyl (C=O) groups is 1. The van der Waals surface area contributed by atoms with E-state index in [1.807, 2.05) is 21.0 Å². The van der Waals surface area contributed by atoms with E-state index in [0.717, 1.165) is 35.2 Å². The molecule has 1 aliphatic carbocycles. The lowest BCUT2D eigenvalue weighted by molar-refractivity contribution is 0.0603. The first kappa shape index (κ1) is 14.9. The van der Waals surface area contributed by atoms with Crippen molar-refractivity contribution < 1.29 is 9.53 Å². The molecule has 1 aliphatic rings. The van der Waals surface area contributed by atoms with Crippen molar-refractivity contribution in [3.63, 3.8) is 0 Å². The molecule has 4 rings (SSSR count). The molecule has 0 radical (unpaired) electrons. The van der Waals surface area contributed by atoms with Crippen LogP contribution < -0.4 is 0 Å². The minimum absolute atomic E-state index is 0.361. The third-order valence-corrected chi connectivity index (χ3v) is 4.70. The van der Waals surface area contributed by atoms with Crippen molar-refractivity contribution in [3.05, 3.63) is 29.2 Å². The van der Waals surface area contributed by atoms with Gasteiger partial charge in [-0.25, -0.2) is 9.78 Å². The number of fused-ring (bicyclic) bond motifs is 1. The molecular weight excluding hydrogens is 306 g/mol. The van der Waals surface area contributed by atoms with Gasteiger partial charge in [-0.15, -0.1) is 0 Å². The Bertz CT molecular complexity index is 965. The summed E-state index contributed by atoms with van der Waals surface area (Å²) in [6.07, 6.45) is 3.98. The predicted molar refractivity (Wildman–Crippen MR) is 88.8 cm³/mol. The molecule has 0 unspecified atom stereocenters. The highest BCUT2D eigenvalue weighted by Gasteiger charge is 2.32. The summed E-state index contributed by atoms with van der Waals surface area (Å²) in [7, 11) is 5.15. The highest BCUT2D eigenvalue weighted by Crippen LogP contribution is 2.43. The average Bonchev–Trinajstić information content (AvgIpc) is 3.30. The third kappa shape index (κ3) is 2.11. The van der Waals surface area contributed by atoms with Crippen molar-refractivity contribution in [2.24, 2.45) is 14.1 Å². The van der Waals surface area contributed by atoms with Gasteiger partial charge in [0.2, 0.25) is 0 Å². The van der Waals surface area contributed by atoms with Crippen LogP contribution in [0.5, 0.6) is 0 Å². The SMILES string of the molecule is COC(=O)c1cc(-c2cnn(C)c2C)nc2c1c(C1CC1)nn2C. The van der Waals surface area contributed by atoms with E-state index in [0.29, 0.717) is 22.8 Å². The molecule has 7 nitrogen and oxygen atoms in total. The Balaban J connectivity index is 2.03. The number of rotatable bonds is 3. The molecule has 0 spiro atoms. The van der Waals surface area contributed by atoms with E-state index in [9.17, 15) is 4.79 Å². The molecule has 7 heteroatoms. The van der Waals surface area contributed by atoms with Gasteiger partial charge < -0.3 is 4.74 Å². The Morgan fingerprint density at radius 2 is 2.04 bits per heavy atom. The van der Waals surface area contributed by atoms with E-state index in [2.05, 4.69) is 10.2 Å². The lowest BCUT2D eigenvalue weighted by Gasteiger charge is -2.07. The number of hydrogen-bond acceptors (Lipinski definition) is 5. The highest BCUT2D eigenvalue weighted by atomic mass is 16.5. The summed E-state index contributed by atoms with van der Waals surface area (Å²) < 4.78 is 8.55. The first-order valence-electron chi connectivity index (χ1n) is 7.96. The van der Waals surface area contributed by atoms with Gasteiger partial charge in [0.15, 0.2) is 5.65 Å². The number of carbonyl (C=O) groups excluding carboxylic acids is 1. The van der Waals surface area contributed by atoms with Crippen molar-refractivity contribution in [2.45, 2.75) is 25.7 Å². The number of aryl methyl sites for hydroxylation is 2. The lowest BCUT2D eigenvalue weighted by Crippen LogP contribution is -2.05. The minimum atomic E-state index is -0.361. The fourth-order valence-corrected chi connectivity index (χ4v) is 3.08. The number of hydrogen-bond donors (Lipinski definition) is 0. The largest absolute Gasteiger partial charge is 0.465 e. The van der Waals surface area contributed by atoms with Crippen LogP contribution in [0.15, 0.2) is 12.3 Å². The molecule has 0 atom stereocenters. The van der Waals surface area contributed by atoms with Crippen LogP contribution >= 0.6 is 0 Å². The maximum Gasteiger partial charge on any atom is 0.338 e. The van der Waals surface area contributed by atoms with Gasteiger partial charge in [0.1, 0.15) is 0 Å². The monoisotopic (exact) mass is 325 g/mol. The third-order valence-electron chi connectivity index (χ3n) is 4.70. The van der Waals surface area contributed by atoms with E-state index >= 15 is 0 Å². The molecule has 0 aliphatic heterocycles. The zero-order chi connectivity index (χ0) is 17.0. The van der Waals surface area contributed by atoms with Crippen LogP contribution in [0.1, 0.15) is 40.5 Å². The first-order chi connectivity index (χ1) is 11.5. The molecular formula is C17H19N5O2. The van der Waals surface area contributed by atoms with Crippen LogP contribution in [-0.2, 0) is 18.8 Å². The van der Waals surface area contributed by atoms with Crippen molar-refractivity contribution in [1.82, 2.24) is 24.5 Å². The number of methoxy groups -OCH3 is 1. The summed E-state index contributed by atoms with van der Waals surface area (Å²) in [4.78, 5) is 17.2. The van der Waals surface area contributed by atoms with Gasteiger partial charge in [-0.2, -0.15) is 10.2 Å². The molecule has 1 saturated carbocycles. The molecule has 3 heterocycles. The maximum atomic E-state index is 12.4. The predicted octanol–water partition coefficient (Wildman–Crippen LogP) is 2.34. The molecule has 1 fully saturated rings. The van der Waals surface area contributed by atoms with E-state index in [4.69, 9.17) is 9.72 Å². The van der Waals surface area contributed by atoms with Crippen LogP contribution in [0.2, 0.25) is 0 Å². The summed E-state index contributed by atoms with van der Waals surface area (Å²) >= 11 is 0. The average molecular weight is 325 g/mol. The number of ether oxygens (including phenoxy) is 1. The normalized spacial score (nSPS) is 14.3. The highest BCUT2D eigenvalue weighted by molar-refractivity contribution is 6.05. The second-order valence-electron chi connectivity index (χ2n) is 6.30. The lowest BCUT2D eigenvalue weighted by atomic mass is 10.0. The van der Waals surface area contributed by atoms with Gasteiger partial charge >= 0.3 is 5.97 Å². The van der Waals surface area contributed by atoms with E-state index in [1.54, 1.807) is 21.6 Å². The Morgan fingerprint density at radius 3 is 2.62 bits per heavy atom. The smallest absolute Gasteiger partial charge is 0.338 e. The minimum Gasteiger partial charge on any atom is -0.465 e. The molecule has 0 aromatic carbocycles. The van der Waals surface area contributed by atoms with Gasteiger partial charge in [-0.1, -0.05) is 0 Å². The van der Waals surface area contributed by atoms with Crippen molar-refractivity contribution >= 4 is 17.0 Å². The standard InChI is InChI=1S/C17H19N5O2/c1-9-12(8-18-21(9)2)13-7-11(17(23)24-4)14-15(10-5-6-10)20-22(3)16(14)19-13/h7-8,10H,5-6H2,1-4H3. The van der Waals surface area contributed by atoms with Crippen LogP contribution in [0.4, 0.5) is 0 Å². The molecule has 3 aromatic heterocycles. The van der Waals surface area contributed by atoms with Crippen LogP contribution in [-0.4, -0.2) is 37.6 Å². The van der Waals surface area contributed by atoms with E-state index in [-0.39, 0.29) is 5.97 Å². The summed E-state index contributed by atoms with van der Waals surface area (Å²) in [6.45, 7) is 1.98. The summed E-state index contributed by atoms with van der Waals surface area (Å²) in [5, 5.41) is 9.71. The molecule has 0 bridgehead atoms. The van der Waals surface area contributed by atoms with Crippen molar-refractivity contribution in [1.29, 1.82) is 0 Å². The molecule has 0 N–H and O–H groups in total. The number of nitrogens with zero attached hydrogens (tertiary/aromatic N) is 5. The molecule has 124 valence electrons. The maximum absolute atomic E-state index is 12.4. The second-order valence-corrected chi connectivity index (χ2v) is 6.30. The van der Waals surface area contributed by atoms with Crippen LogP contribution in [0.3, 0.4) is 0 Å². The van der Waals surface area contributed by atoms with Crippen molar-refractivity contribution in [3.8, 4) is 11.3 Å². The number of pyridine rings is 1. The Morgan fingerprint density at radius 1 is 1.29 bits per heavy atom. The Kier molecular flexibility index (Phi) is 3.19. The summed E-state index contributed by atoms with van der Waals surface area (Å²) in [6, 6.07) is 1.80. The molecule has 3 aromatic rings. The van der Waals surface area contributed by atoms with E-state index < -0.39 is 0 Å². The van der Waals surface area contributed by atoms with E-state index in [1.165, 1.54) is 7.11 Å². The summed E-state index contributed by atoms with van der Waals surface area (Å²) in [5.41, 5.74) is 4.78. The van der Waals surface area contributed by atoms with Crippen LogP contribution in [0.25, 0.3) is 22.3 Å². The zero-order valence-electron chi connectivity index (χ0n) is 14.2. The van der Waals surface area contributed by atoms with Gasteiger partial charge in [-0.3, -0.25) is 9.36 Å². The Labute approximate surface area is 139 Å². The van der Waals surface area contributed by atoms with Crippen LogP contribution in [0, 0.1) is 6.92 Å². The Hall–Kier alpha value is -2.70. The number of aromatic nitrogens is 5. The molecule has 0 saturated heterocycles. The van der Waals surface area contributed by atoms with Gasteiger partial charge in [0.25, 0.3) is 0 Å².